The fourth-order valence-electron chi connectivity index (χ4n) is 3.57. The Balaban J connectivity index is 1.52. The number of ether oxygens (including phenoxy) is 2. The number of benzene rings is 2. The zero-order valence-corrected chi connectivity index (χ0v) is 18.7. The van der Waals surface area contributed by atoms with Crippen LogP contribution in [0.15, 0.2) is 68.9 Å². The zero-order chi connectivity index (χ0) is 22.0. The first-order chi connectivity index (χ1) is 15.0. The van der Waals surface area contributed by atoms with Gasteiger partial charge >= 0.3 is 0 Å². The van der Waals surface area contributed by atoms with Crippen LogP contribution in [0.4, 0.5) is 0 Å². The minimum Gasteiger partial charge on any atom is -0.513 e. The Hall–Kier alpha value is -2.41. The van der Waals surface area contributed by atoms with Gasteiger partial charge in [-0.2, -0.15) is 0 Å². The van der Waals surface area contributed by atoms with Gasteiger partial charge in [0.1, 0.15) is 18.1 Å². The van der Waals surface area contributed by atoms with Crippen LogP contribution < -0.4 is 10.2 Å². The number of halogens is 1. The van der Waals surface area contributed by atoms with Crippen molar-refractivity contribution in [2.75, 3.05) is 19.5 Å². The first-order valence-electron chi connectivity index (χ1n) is 9.99. The molecule has 0 bridgehead atoms. The largest absolute Gasteiger partial charge is 0.513 e. The highest BCUT2D eigenvalue weighted by atomic mass is 35.5. The molecule has 162 valence electrons. The summed E-state index contributed by atoms with van der Waals surface area (Å²) in [6.45, 7) is 4.34. The third-order valence-corrected chi connectivity index (χ3v) is 6.44. The second-order valence-electron chi connectivity index (χ2n) is 7.45. The lowest BCUT2D eigenvalue weighted by atomic mass is 9.81. The molecule has 7 heteroatoms. The normalized spacial score (nSPS) is 18.0. The van der Waals surface area contributed by atoms with E-state index in [4.69, 9.17) is 25.5 Å². The molecule has 2 aromatic carbocycles. The van der Waals surface area contributed by atoms with E-state index in [1.165, 1.54) is 6.07 Å². The molecule has 1 N–H and O–H groups in total. The quantitative estimate of drug-likeness (QED) is 0.250. The maximum absolute atomic E-state index is 12.6. The smallest absolute Gasteiger partial charge is 0.193 e. The van der Waals surface area contributed by atoms with Crippen molar-refractivity contribution in [2.45, 2.75) is 23.8 Å². The minimum absolute atomic E-state index is 0.121. The van der Waals surface area contributed by atoms with Gasteiger partial charge in [0.2, 0.25) is 0 Å². The molecule has 31 heavy (non-hydrogen) atoms. The number of thioether (sulfide) groups is 1. The molecule has 0 radical (unpaired) electrons. The van der Waals surface area contributed by atoms with E-state index < -0.39 is 0 Å². The van der Waals surface area contributed by atoms with Gasteiger partial charge in [-0.3, -0.25) is 4.79 Å². The molecule has 0 amide bonds. The molecule has 1 aromatic heterocycles. The van der Waals surface area contributed by atoms with Crippen LogP contribution in [0.1, 0.15) is 12.8 Å². The van der Waals surface area contributed by atoms with Crippen LogP contribution in [-0.4, -0.2) is 30.7 Å². The van der Waals surface area contributed by atoms with Gasteiger partial charge in [0.15, 0.2) is 11.0 Å². The summed E-state index contributed by atoms with van der Waals surface area (Å²) >= 11 is 7.85. The van der Waals surface area contributed by atoms with Crippen LogP contribution in [0.3, 0.4) is 0 Å². The van der Waals surface area contributed by atoms with Crippen molar-refractivity contribution in [3.8, 4) is 17.1 Å². The van der Waals surface area contributed by atoms with Gasteiger partial charge in [-0.25, -0.2) is 0 Å². The Morgan fingerprint density at radius 1 is 1.26 bits per heavy atom. The van der Waals surface area contributed by atoms with E-state index in [1.54, 1.807) is 30.0 Å². The summed E-state index contributed by atoms with van der Waals surface area (Å²) in [5, 5.41) is 10.2. The number of aliphatic hydroxyl groups is 1. The maximum atomic E-state index is 12.6. The molecule has 0 spiro atoms. The molecule has 3 aromatic rings. The minimum atomic E-state index is -0.160. The van der Waals surface area contributed by atoms with Crippen molar-refractivity contribution >= 4 is 34.3 Å². The molecule has 0 unspecified atom stereocenters. The van der Waals surface area contributed by atoms with Crippen molar-refractivity contribution < 1.29 is 19.0 Å². The monoisotopic (exact) mass is 458 g/mol. The maximum Gasteiger partial charge on any atom is 0.193 e. The summed E-state index contributed by atoms with van der Waals surface area (Å²) in [5.74, 6) is 1.38. The second-order valence-corrected chi connectivity index (χ2v) is 8.74. The van der Waals surface area contributed by atoms with Gasteiger partial charge in [0, 0.05) is 16.9 Å². The summed E-state index contributed by atoms with van der Waals surface area (Å²) in [4.78, 5) is 13.6. The molecular formula is C24H23ClO5S. The molecule has 1 aliphatic rings. The van der Waals surface area contributed by atoms with Crippen molar-refractivity contribution in [1.29, 1.82) is 0 Å². The molecule has 4 rings (SSSR count). The van der Waals surface area contributed by atoms with Gasteiger partial charge in [-0.1, -0.05) is 24.2 Å². The van der Waals surface area contributed by atoms with Gasteiger partial charge in [-0.05, 0) is 49.4 Å². The topological polar surface area (TPSA) is 68.9 Å². The van der Waals surface area contributed by atoms with Gasteiger partial charge in [-0.15, -0.1) is 11.8 Å². The van der Waals surface area contributed by atoms with Crippen LogP contribution in [0.5, 0.6) is 5.75 Å². The SMILES string of the molecule is C=C(O)[C@H]1C[C@@H](OCCOc2cc(SC)ccc2-c2cc(=O)c3cccc(Cl)c3o2)C1. The number of para-hydroxylation sites is 1. The predicted molar refractivity (Wildman–Crippen MR) is 124 cm³/mol. The zero-order valence-electron chi connectivity index (χ0n) is 17.1. The molecule has 1 saturated carbocycles. The van der Waals surface area contributed by atoms with E-state index in [0.29, 0.717) is 46.3 Å². The third kappa shape index (κ3) is 4.76. The molecule has 0 aliphatic heterocycles. The van der Waals surface area contributed by atoms with E-state index >= 15 is 0 Å². The Morgan fingerprint density at radius 3 is 2.81 bits per heavy atom. The fourth-order valence-corrected chi connectivity index (χ4v) is 4.21. The molecule has 1 fully saturated rings. The van der Waals surface area contributed by atoms with Gasteiger partial charge in [0.25, 0.3) is 0 Å². The van der Waals surface area contributed by atoms with Gasteiger partial charge in [0.05, 0.1) is 34.4 Å². The number of fused-ring (bicyclic) bond motifs is 1. The lowest BCUT2D eigenvalue weighted by Gasteiger charge is -2.34. The lowest BCUT2D eigenvalue weighted by molar-refractivity contribution is -0.0388. The van der Waals surface area contributed by atoms with Crippen molar-refractivity contribution in [2.24, 2.45) is 5.92 Å². The van der Waals surface area contributed by atoms with Crippen LogP contribution in [0.25, 0.3) is 22.3 Å². The highest BCUT2D eigenvalue weighted by Crippen LogP contribution is 2.36. The number of aliphatic hydroxyl groups excluding tert-OH is 1. The average Bonchev–Trinajstić information content (AvgIpc) is 2.72. The van der Waals surface area contributed by atoms with E-state index in [0.717, 1.165) is 17.7 Å². The molecule has 0 saturated heterocycles. The van der Waals surface area contributed by atoms with E-state index in [9.17, 15) is 9.90 Å². The van der Waals surface area contributed by atoms with Crippen molar-refractivity contribution in [3.05, 3.63) is 70.0 Å². The Kier molecular flexibility index (Phi) is 6.60. The number of hydrogen-bond donors (Lipinski definition) is 1. The summed E-state index contributed by atoms with van der Waals surface area (Å²) in [6, 6.07) is 12.3. The predicted octanol–water partition coefficient (Wildman–Crippen LogP) is 6.08. The molecule has 1 heterocycles. The Labute approximate surface area is 189 Å². The van der Waals surface area contributed by atoms with Crippen LogP contribution in [0, 0.1) is 5.92 Å². The Bertz CT molecular complexity index is 1170. The summed E-state index contributed by atoms with van der Waals surface area (Å²) < 4.78 is 17.8. The average molecular weight is 459 g/mol. The first-order valence-corrected chi connectivity index (χ1v) is 11.6. The summed E-state index contributed by atoms with van der Waals surface area (Å²) in [5.41, 5.74) is 0.879. The van der Waals surface area contributed by atoms with E-state index in [-0.39, 0.29) is 23.2 Å². The molecule has 1 aliphatic carbocycles. The Morgan fingerprint density at radius 2 is 2.06 bits per heavy atom. The molecular weight excluding hydrogens is 436 g/mol. The van der Waals surface area contributed by atoms with E-state index in [1.807, 2.05) is 24.5 Å². The number of rotatable bonds is 8. The first kappa shape index (κ1) is 21.8. The van der Waals surface area contributed by atoms with Gasteiger partial charge < -0.3 is 19.0 Å². The lowest BCUT2D eigenvalue weighted by Crippen LogP contribution is -2.33. The number of allylic oxidation sites excluding steroid dienone is 1. The summed E-state index contributed by atoms with van der Waals surface area (Å²) in [6.07, 6.45) is 3.67. The van der Waals surface area contributed by atoms with Crippen LogP contribution >= 0.6 is 23.4 Å². The summed E-state index contributed by atoms with van der Waals surface area (Å²) in [7, 11) is 0. The van der Waals surface area contributed by atoms with Crippen molar-refractivity contribution in [3.63, 3.8) is 0 Å². The highest BCUT2D eigenvalue weighted by molar-refractivity contribution is 7.98. The number of hydrogen-bond acceptors (Lipinski definition) is 6. The van der Waals surface area contributed by atoms with E-state index in [2.05, 4.69) is 6.58 Å². The fraction of sp³-hybridized carbons (Fsp3) is 0.292. The van der Waals surface area contributed by atoms with Crippen molar-refractivity contribution in [1.82, 2.24) is 0 Å². The molecule has 0 atom stereocenters. The second kappa shape index (κ2) is 9.39. The molecule has 5 nitrogen and oxygen atoms in total. The third-order valence-electron chi connectivity index (χ3n) is 5.42. The van der Waals surface area contributed by atoms with Crippen LogP contribution in [-0.2, 0) is 4.74 Å². The van der Waals surface area contributed by atoms with Crippen LogP contribution in [0.2, 0.25) is 5.02 Å². The standard InChI is InChI=1S/C24H23ClO5S/c1-14(26)15-10-16(11-15)28-8-9-29-22-12-17(31-2)6-7-19(22)23-13-21(27)18-4-3-5-20(25)24(18)30-23/h3-7,12-13,15-16,26H,1,8-11H2,2H3/t15-,16+. The highest BCUT2D eigenvalue weighted by Gasteiger charge is 2.31.